The highest BCUT2D eigenvalue weighted by atomic mass is 35.5. The van der Waals surface area contributed by atoms with Crippen molar-refractivity contribution in [2.45, 2.75) is 56.9 Å². The van der Waals surface area contributed by atoms with Crippen molar-refractivity contribution >= 4 is 35.2 Å². The first-order chi connectivity index (χ1) is 13.6. The summed E-state index contributed by atoms with van der Waals surface area (Å²) in [5.41, 5.74) is 0.421. The van der Waals surface area contributed by atoms with E-state index in [1.165, 1.54) is 24.6 Å². The van der Waals surface area contributed by atoms with Crippen molar-refractivity contribution in [3.05, 3.63) is 40.7 Å². The fourth-order valence-corrected chi connectivity index (χ4v) is 4.30. The molecule has 3 rings (SSSR count). The van der Waals surface area contributed by atoms with Crippen molar-refractivity contribution in [2.75, 3.05) is 5.75 Å². The third-order valence-corrected chi connectivity index (χ3v) is 5.98. The first-order valence-electron chi connectivity index (χ1n) is 9.45. The molecule has 1 fully saturated rings. The molecule has 2 aromatic rings. The van der Waals surface area contributed by atoms with Crippen molar-refractivity contribution in [3.63, 3.8) is 0 Å². The third kappa shape index (κ3) is 5.26. The van der Waals surface area contributed by atoms with Gasteiger partial charge in [0.15, 0.2) is 11.0 Å². The Morgan fingerprint density at radius 2 is 2.00 bits per heavy atom. The summed E-state index contributed by atoms with van der Waals surface area (Å²) in [5.74, 6) is 0.708. The van der Waals surface area contributed by atoms with Crippen LogP contribution in [0.25, 0.3) is 0 Å². The van der Waals surface area contributed by atoms with Crippen molar-refractivity contribution in [3.8, 4) is 0 Å². The number of carbonyl (C=O) groups excluding carboxylic acids is 2. The van der Waals surface area contributed by atoms with Crippen molar-refractivity contribution in [2.24, 2.45) is 0 Å². The molecule has 0 saturated heterocycles. The van der Waals surface area contributed by atoms with E-state index in [-0.39, 0.29) is 18.4 Å². The number of aromatic nitrogens is 3. The number of halogens is 1. The second-order valence-electron chi connectivity index (χ2n) is 6.64. The van der Waals surface area contributed by atoms with Gasteiger partial charge in [-0.15, -0.1) is 10.2 Å². The Morgan fingerprint density at radius 1 is 1.25 bits per heavy atom. The lowest BCUT2D eigenvalue weighted by Crippen LogP contribution is -2.33. The van der Waals surface area contributed by atoms with E-state index in [4.69, 9.17) is 11.6 Å². The van der Waals surface area contributed by atoms with Crippen LogP contribution < -0.4 is 10.6 Å². The van der Waals surface area contributed by atoms with E-state index >= 15 is 0 Å². The number of amides is 2. The summed E-state index contributed by atoms with van der Waals surface area (Å²) in [6.07, 6.45) is 4.50. The molecule has 0 spiro atoms. The monoisotopic (exact) mass is 421 g/mol. The van der Waals surface area contributed by atoms with Gasteiger partial charge in [-0.25, -0.2) is 0 Å². The van der Waals surface area contributed by atoms with E-state index in [0.29, 0.717) is 39.9 Å². The molecule has 150 valence electrons. The zero-order valence-corrected chi connectivity index (χ0v) is 17.4. The molecule has 1 aromatic carbocycles. The minimum Gasteiger partial charge on any atom is -0.353 e. The van der Waals surface area contributed by atoms with Crippen LogP contribution in [0.5, 0.6) is 0 Å². The predicted molar refractivity (Wildman–Crippen MR) is 109 cm³/mol. The van der Waals surface area contributed by atoms with Crippen LogP contribution in [0.15, 0.2) is 29.4 Å². The fourth-order valence-electron chi connectivity index (χ4n) is 3.24. The molecular formula is C19H24ClN5O2S. The number of thioether (sulfide) groups is 1. The molecule has 0 atom stereocenters. The molecule has 1 aliphatic carbocycles. The molecule has 2 amide bonds. The van der Waals surface area contributed by atoms with E-state index in [9.17, 15) is 9.59 Å². The highest BCUT2D eigenvalue weighted by Crippen LogP contribution is 2.20. The summed E-state index contributed by atoms with van der Waals surface area (Å²) in [5, 5.41) is 15.3. The molecule has 1 aromatic heterocycles. The molecule has 0 aliphatic heterocycles. The number of benzene rings is 1. The molecule has 9 heteroatoms. The van der Waals surface area contributed by atoms with Crippen LogP contribution in [0.4, 0.5) is 0 Å². The first kappa shape index (κ1) is 20.7. The number of hydrogen-bond donors (Lipinski definition) is 2. The van der Waals surface area contributed by atoms with Gasteiger partial charge in [0.25, 0.3) is 5.91 Å². The van der Waals surface area contributed by atoms with Crippen LogP contribution in [0, 0.1) is 0 Å². The number of carbonyl (C=O) groups is 2. The SMILES string of the molecule is CCn1c(CNC(=O)c2ccccc2Cl)nnc1SCC(=O)NC1CCCC1. The highest BCUT2D eigenvalue weighted by Gasteiger charge is 2.19. The van der Waals surface area contributed by atoms with Crippen molar-refractivity contribution in [1.29, 1.82) is 0 Å². The van der Waals surface area contributed by atoms with E-state index < -0.39 is 0 Å². The lowest BCUT2D eigenvalue weighted by Gasteiger charge is -2.12. The van der Waals surface area contributed by atoms with Gasteiger partial charge in [-0.1, -0.05) is 48.3 Å². The standard InChI is InChI=1S/C19H24ClN5O2S/c1-2-25-16(11-21-18(27)14-9-5-6-10-15(14)20)23-24-19(25)28-12-17(26)22-13-7-3-4-8-13/h5-6,9-10,13H,2-4,7-8,11-12H2,1H3,(H,21,27)(H,22,26). The predicted octanol–water partition coefficient (Wildman–Crippen LogP) is 3.03. The Morgan fingerprint density at radius 3 is 2.71 bits per heavy atom. The van der Waals surface area contributed by atoms with Crippen molar-refractivity contribution < 1.29 is 9.59 Å². The maximum Gasteiger partial charge on any atom is 0.253 e. The van der Waals surface area contributed by atoms with E-state index in [1.807, 2.05) is 11.5 Å². The number of rotatable bonds is 8. The molecular weight excluding hydrogens is 398 g/mol. The third-order valence-electron chi connectivity index (χ3n) is 4.69. The zero-order valence-electron chi connectivity index (χ0n) is 15.8. The molecule has 0 radical (unpaired) electrons. The number of nitrogens with zero attached hydrogens (tertiary/aromatic N) is 3. The second kappa shape index (κ2) is 9.93. The van der Waals surface area contributed by atoms with Crippen LogP contribution in [-0.4, -0.2) is 38.4 Å². The Hall–Kier alpha value is -2.06. The summed E-state index contributed by atoms with van der Waals surface area (Å²) in [7, 11) is 0. The average molecular weight is 422 g/mol. The summed E-state index contributed by atoms with van der Waals surface area (Å²) in [6.45, 7) is 2.86. The van der Waals surface area contributed by atoms with Gasteiger partial charge in [-0.05, 0) is 31.9 Å². The van der Waals surface area contributed by atoms with Crippen LogP contribution in [0.1, 0.15) is 48.8 Å². The number of nitrogens with one attached hydrogen (secondary N) is 2. The van der Waals surface area contributed by atoms with Gasteiger partial charge in [0.1, 0.15) is 0 Å². The Labute approximate surface area is 173 Å². The lowest BCUT2D eigenvalue weighted by molar-refractivity contribution is -0.119. The minimum absolute atomic E-state index is 0.0242. The largest absolute Gasteiger partial charge is 0.353 e. The summed E-state index contributed by atoms with van der Waals surface area (Å²) in [6, 6.07) is 7.20. The summed E-state index contributed by atoms with van der Waals surface area (Å²) in [4.78, 5) is 24.4. The van der Waals surface area contributed by atoms with Gasteiger partial charge in [0.05, 0.1) is 22.9 Å². The first-order valence-corrected chi connectivity index (χ1v) is 10.8. The van der Waals surface area contributed by atoms with Gasteiger partial charge < -0.3 is 15.2 Å². The summed E-state index contributed by atoms with van der Waals surface area (Å²) < 4.78 is 1.90. The lowest BCUT2D eigenvalue weighted by atomic mass is 10.2. The van der Waals surface area contributed by atoms with Crippen LogP contribution in [0.3, 0.4) is 0 Å². The second-order valence-corrected chi connectivity index (χ2v) is 7.99. The Balaban J connectivity index is 1.55. The molecule has 7 nitrogen and oxygen atoms in total. The quantitative estimate of drug-likeness (QED) is 0.639. The van der Waals surface area contributed by atoms with Gasteiger partial charge >= 0.3 is 0 Å². The zero-order chi connectivity index (χ0) is 19.9. The van der Waals surface area contributed by atoms with Gasteiger partial charge in [0, 0.05) is 12.6 Å². The molecule has 1 aliphatic rings. The smallest absolute Gasteiger partial charge is 0.253 e. The van der Waals surface area contributed by atoms with Gasteiger partial charge in [0.2, 0.25) is 5.91 Å². The summed E-state index contributed by atoms with van der Waals surface area (Å²) >= 11 is 7.42. The van der Waals surface area contributed by atoms with Crippen molar-refractivity contribution in [1.82, 2.24) is 25.4 Å². The fraction of sp³-hybridized carbons (Fsp3) is 0.474. The van der Waals surface area contributed by atoms with E-state index in [2.05, 4.69) is 20.8 Å². The van der Waals surface area contributed by atoms with E-state index in [1.54, 1.807) is 24.3 Å². The maximum absolute atomic E-state index is 12.3. The normalized spacial score (nSPS) is 14.2. The molecule has 1 heterocycles. The van der Waals surface area contributed by atoms with E-state index in [0.717, 1.165) is 12.8 Å². The Kier molecular flexibility index (Phi) is 7.33. The average Bonchev–Trinajstić information content (AvgIpc) is 3.34. The Bertz CT molecular complexity index is 835. The molecule has 0 unspecified atom stereocenters. The van der Waals surface area contributed by atoms with Crippen LogP contribution in [0.2, 0.25) is 5.02 Å². The highest BCUT2D eigenvalue weighted by molar-refractivity contribution is 7.99. The van der Waals surface area contributed by atoms with Crippen LogP contribution >= 0.6 is 23.4 Å². The van der Waals surface area contributed by atoms with Crippen LogP contribution in [-0.2, 0) is 17.9 Å². The molecule has 28 heavy (non-hydrogen) atoms. The van der Waals surface area contributed by atoms with Gasteiger partial charge in [-0.2, -0.15) is 0 Å². The molecule has 1 saturated carbocycles. The molecule has 0 bridgehead atoms. The topological polar surface area (TPSA) is 88.9 Å². The van der Waals surface area contributed by atoms with Gasteiger partial charge in [-0.3, -0.25) is 9.59 Å². The maximum atomic E-state index is 12.3. The molecule has 2 N–H and O–H groups in total. The number of hydrogen-bond acceptors (Lipinski definition) is 5. The minimum atomic E-state index is -0.263.